The first-order chi connectivity index (χ1) is 10.0. The van der Waals surface area contributed by atoms with Gasteiger partial charge in [-0.3, -0.25) is 4.79 Å². The van der Waals surface area contributed by atoms with Crippen molar-refractivity contribution in [1.82, 2.24) is 4.90 Å². The van der Waals surface area contributed by atoms with Crippen molar-refractivity contribution in [3.63, 3.8) is 0 Å². The van der Waals surface area contributed by atoms with Gasteiger partial charge >= 0.3 is 0 Å². The minimum absolute atomic E-state index is 0.0475. The van der Waals surface area contributed by atoms with Crippen LogP contribution in [-0.4, -0.2) is 17.9 Å². The fraction of sp³-hybridized carbons (Fsp3) is 0.235. The molecule has 2 N–H and O–H groups in total. The van der Waals surface area contributed by atoms with Gasteiger partial charge in [0.05, 0.1) is 5.56 Å². The predicted molar refractivity (Wildman–Crippen MR) is 90.2 cm³/mol. The Balaban J connectivity index is 2.13. The normalized spacial score (nSPS) is 10.4. The Morgan fingerprint density at radius 2 is 1.76 bits per heavy atom. The maximum absolute atomic E-state index is 12.5. The van der Waals surface area contributed by atoms with E-state index in [1.165, 1.54) is 5.56 Å². The van der Waals surface area contributed by atoms with Gasteiger partial charge in [0.2, 0.25) is 0 Å². The molecule has 1 amide bonds. The number of aryl methyl sites for hydroxylation is 1. The molecule has 0 saturated carbocycles. The highest BCUT2D eigenvalue weighted by Crippen LogP contribution is 2.21. The molecule has 21 heavy (non-hydrogen) atoms. The molecule has 0 spiro atoms. The van der Waals surface area contributed by atoms with Gasteiger partial charge in [0.1, 0.15) is 0 Å². The minimum atomic E-state index is -0.0475. The molecule has 0 aliphatic rings. The van der Waals surface area contributed by atoms with E-state index in [1.807, 2.05) is 0 Å². The number of nitrogens with two attached hydrogens (primary N) is 1. The van der Waals surface area contributed by atoms with Crippen molar-refractivity contribution in [3.8, 4) is 0 Å². The highest BCUT2D eigenvalue weighted by Gasteiger charge is 2.15. The standard InChI is InChI=1S/C17H19BrN2O/c1-3-12-4-6-13(7-5-12)11-20(2)17(21)15-10-14(19)8-9-16(15)18/h4-10H,3,11,19H2,1-2H3. The summed E-state index contributed by atoms with van der Waals surface area (Å²) in [6.45, 7) is 2.70. The van der Waals surface area contributed by atoms with Crippen LogP contribution < -0.4 is 5.73 Å². The molecule has 0 bridgehead atoms. The van der Waals surface area contributed by atoms with Gasteiger partial charge in [0.15, 0.2) is 0 Å². The van der Waals surface area contributed by atoms with Gasteiger partial charge in [-0.2, -0.15) is 0 Å². The van der Waals surface area contributed by atoms with Crippen LogP contribution in [0.25, 0.3) is 0 Å². The molecule has 3 nitrogen and oxygen atoms in total. The van der Waals surface area contributed by atoms with Crippen LogP contribution in [0.15, 0.2) is 46.9 Å². The Hall–Kier alpha value is -1.81. The molecule has 0 unspecified atom stereocenters. The number of amides is 1. The summed E-state index contributed by atoms with van der Waals surface area (Å²) in [7, 11) is 1.80. The third-order valence-corrected chi connectivity index (χ3v) is 4.11. The number of nitrogens with zero attached hydrogens (tertiary/aromatic N) is 1. The average molecular weight is 347 g/mol. The first-order valence-corrected chi connectivity index (χ1v) is 7.69. The van der Waals surface area contributed by atoms with Crippen LogP contribution in [0.3, 0.4) is 0 Å². The molecular weight excluding hydrogens is 328 g/mol. The van der Waals surface area contributed by atoms with Gasteiger partial charge in [0.25, 0.3) is 5.91 Å². The number of carbonyl (C=O) groups is 1. The molecule has 110 valence electrons. The largest absolute Gasteiger partial charge is 0.399 e. The second-order valence-electron chi connectivity index (χ2n) is 5.07. The van der Waals surface area contributed by atoms with E-state index in [-0.39, 0.29) is 5.91 Å². The second kappa shape index (κ2) is 6.76. The lowest BCUT2D eigenvalue weighted by Crippen LogP contribution is -2.26. The second-order valence-corrected chi connectivity index (χ2v) is 5.92. The van der Waals surface area contributed by atoms with E-state index in [4.69, 9.17) is 5.73 Å². The molecule has 0 saturated heterocycles. The molecule has 0 aliphatic heterocycles. The molecule has 0 fully saturated rings. The van der Waals surface area contributed by atoms with Crippen molar-refractivity contribution in [2.24, 2.45) is 0 Å². The highest BCUT2D eigenvalue weighted by atomic mass is 79.9. The molecule has 2 aromatic rings. The van der Waals surface area contributed by atoms with Crippen molar-refractivity contribution < 1.29 is 4.79 Å². The Bertz CT molecular complexity index is 638. The van der Waals surface area contributed by atoms with Crippen molar-refractivity contribution in [2.75, 3.05) is 12.8 Å². The molecule has 2 rings (SSSR count). The first-order valence-electron chi connectivity index (χ1n) is 6.89. The van der Waals surface area contributed by atoms with E-state index in [2.05, 4.69) is 47.1 Å². The van der Waals surface area contributed by atoms with Crippen molar-refractivity contribution >= 4 is 27.5 Å². The van der Waals surface area contributed by atoms with Gasteiger partial charge < -0.3 is 10.6 Å². The summed E-state index contributed by atoms with van der Waals surface area (Å²) in [4.78, 5) is 14.2. The van der Waals surface area contributed by atoms with Gasteiger partial charge in [-0.1, -0.05) is 31.2 Å². The fourth-order valence-electron chi connectivity index (χ4n) is 2.14. The van der Waals surface area contributed by atoms with E-state index < -0.39 is 0 Å². The molecule has 0 aromatic heterocycles. The third kappa shape index (κ3) is 3.85. The third-order valence-electron chi connectivity index (χ3n) is 3.42. The number of halogens is 1. The van der Waals surface area contributed by atoms with E-state index >= 15 is 0 Å². The summed E-state index contributed by atoms with van der Waals surface area (Å²) in [5.41, 5.74) is 9.34. The van der Waals surface area contributed by atoms with E-state index in [0.717, 1.165) is 16.5 Å². The van der Waals surface area contributed by atoms with Crippen LogP contribution in [0.1, 0.15) is 28.4 Å². The number of carbonyl (C=O) groups excluding carboxylic acids is 1. The van der Waals surface area contributed by atoms with Crippen molar-refractivity contribution in [1.29, 1.82) is 0 Å². The van der Waals surface area contributed by atoms with Crippen LogP contribution in [-0.2, 0) is 13.0 Å². The molecule has 0 radical (unpaired) electrons. The van der Waals surface area contributed by atoms with Gasteiger partial charge in [-0.05, 0) is 51.7 Å². The number of nitrogen functional groups attached to an aromatic ring is 1. The Morgan fingerprint density at radius 1 is 1.14 bits per heavy atom. The molecule has 4 heteroatoms. The number of benzene rings is 2. The first kappa shape index (κ1) is 15.6. The molecule has 2 aromatic carbocycles. The smallest absolute Gasteiger partial charge is 0.255 e. The van der Waals surface area contributed by atoms with E-state index in [1.54, 1.807) is 30.1 Å². The van der Waals surface area contributed by atoms with Crippen LogP contribution >= 0.6 is 15.9 Å². The van der Waals surface area contributed by atoms with Crippen LogP contribution in [0, 0.1) is 0 Å². The maximum atomic E-state index is 12.5. The van der Waals surface area contributed by atoms with Crippen molar-refractivity contribution in [2.45, 2.75) is 19.9 Å². The topological polar surface area (TPSA) is 46.3 Å². The lowest BCUT2D eigenvalue weighted by atomic mass is 10.1. The summed E-state index contributed by atoms with van der Waals surface area (Å²) in [5.74, 6) is -0.0475. The zero-order valence-electron chi connectivity index (χ0n) is 12.3. The number of rotatable bonds is 4. The maximum Gasteiger partial charge on any atom is 0.255 e. The molecule has 0 atom stereocenters. The summed E-state index contributed by atoms with van der Waals surface area (Å²) >= 11 is 3.40. The average Bonchev–Trinajstić information content (AvgIpc) is 2.49. The number of hydrogen-bond acceptors (Lipinski definition) is 2. The summed E-state index contributed by atoms with van der Waals surface area (Å²) in [6.07, 6.45) is 1.02. The van der Waals surface area contributed by atoms with Crippen molar-refractivity contribution in [3.05, 3.63) is 63.6 Å². The summed E-state index contributed by atoms with van der Waals surface area (Å²) in [5, 5.41) is 0. The van der Waals surface area contributed by atoms with Gasteiger partial charge in [-0.25, -0.2) is 0 Å². The predicted octanol–water partition coefficient (Wildman–Crippen LogP) is 3.87. The van der Waals surface area contributed by atoms with E-state index in [9.17, 15) is 4.79 Å². The van der Waals surface area contributed by atoms with Crippen LogP contribution in [0.2, 0.25) is 0 Å². The SMILES string of the molecule is CCc1ccc(CN(C)C(=O)c2cc(N)ccc2Br)cc1. The molecule has 0 aliphatic carbocycles. The lowest BCUT2D eigenvalue weighted by molar-refractivity contribution is 0.0784. The summed E-state index contributed by atoms with van der Waals surface area (Å²) < 4.78 is 0.759. The zero-order chi connectivity index (χ0) is 15.4. The number of anilines is 1. The number of hydrogen-bond donors (Lipinski definition) is 1. The van der Waals surface area contributed by atoms with Gasteiger partial charge in [-0.15, -0.1) is 0 Å². The highest BCUT2D eigenvalue weighted by molar-refractivity contribution is 9.10. The van der Waals surface area contributed by atoms with Crippen LogP contribution in [0.4, 0.5) is 5.69 Å². The summed E-state index contributed by atoms with van der Waals surface area (Å²) in [6, 6.07) is 13.6. The zero-order valence-corrected chi connectivity index (χ0v) is 13.9. The molecule has 0 heterocycles. The monoisotopic (exact) mass is 346 g/mol. The van der Waals surface area contributed by atoms with E-state index in [0.29, 0.717) is 17.8 Å². The van der Waals surface area contributed by atoms with Crippen LogP contribution in [0.5, 0.6) is 0 Å². The Morgan fingerprint density at radius 3 is 2.38 bits per heavy atom. The molecular formula is C17H19BrN2O. The Kier molecular flexibility index (Phi) is 5.02. The quantitative estimate of drug-likeness (QED) is 0.854. The van der Waals surface area contributed by atoms with Gasteiger partial charge in [0, 0.05) is 23.8 Å². The minimum Gasteiger partial charge on any atom is -0.399 e. The Labute approximate surface area is 133 Å². The lowest BCUT2D eigenvalue weighted by Gasteiger charge is -2.18. The fourth-order valence-corrected chi connectivity index (χ4v) is 2.55.